The standard InChI is InChI=1S/C47H32.C41H30N2.BH4/c1-47(2)44-16-6-5-13-39(44)40-22-21-34(28-45(40)47)33-20-19-31-25-30(17-18-32(31)26-33)29-9-7-10-35(27-29)36-23-24-43-38-12-4-3-11-37(38)42-15-8-14-41(36)46(42)43;1-2-39-42-37-18-10-11-19-38(37)43(39)32-26-24-31(25-27-32)41-35-16-8-6-14-33(35)40(34-15-7-9-17-36(34)41)30-22-20-29(21-23-30)28-12-4-3-5-13-28;/h3-28H,1-2H3;3-27H,2H2,1H3;1H4/q;;-1/i;;1T. The summed E-state index contributed by atoms with van der Waals surface area (Å²) in [5.41, 5.74) is 29.2. The number of benzene rings is 15. The summed E-state index contributed by atoms with van der Waals surface area (Å²) < 4.78 is 8.29. The van der Waals surface area contributed by atoms with Crippen LogP contribution in [0.4, 0.5) is 0 Å². The van der Waals surface area contributed by atoms with Gasteiger partial charge in [0, 0.05) is 17.5 Å². The van der Waals surface area contributed by atoms with E-state index in [9.17, 15) is 0 Å². The van der Waals surface area contributed by atoms with E-state index in [1.54, 1.807) is 0 Å². The van der Waals surface area contributed by atoms with Gasteiger partial charge < -0.3 is 0 Å². The SMILES string of the molecule is CC1(C)c2ccccc2-c2ccc(-c3ccc4cc(-c5cccc(-c6ccc7c8c(cccc68)-c6ccccc6-7)c5)ccc4c3)cc21.CCc1nc2ccccc2n1-c1ccc(-c2c3ccccc3c(-c3ccc(-c4ccccc4)cc3)c3ccccc23)cc1.[3H][BH3-]. The molecule has 2 nitrogen and oxygen atoms in total. The van der Waals surface area contributed by atoms with Crippen LogP contribution in [0.1, 0.15) is 37.7 Å². The topological polar surface area (TPSA) is 17.8 Å². The molecule has 1 heterocycles. The Bertz CT molecular complexity index is 5460. The first kappa shape index (κ1) is 54.1. The Morgan fingerprint density at radius 3 is 1.42 bits per heavy atom. The Hall–Kier alpha value is -11.1. The van der Waals surface area contributed by atoms with Crippen LogP contribution in [0.2, 0.25) is 0 Å². The summed E-state index contributed by atoms with van der Waals surface area (Å²) in [7, 11) is 0. The van der Waals surface area contributed by atoms with Crippen LogP contribution in [0.3, 0.4) is 0 Å². The van der Waals surface area contributed by atoms with Crippen molar-refractivity contribution in [3.63, 3.8) is 0 Å². The van der Waals surface area contributed by atoms with Crippen molar-refractivity contribution in [2.24, 2.45) is 0 Å². The summed E-state index contributed by atoms with van der Waals surface area (Å²) in [5.74, 6) is 1.08. The predicted molar refractivity (Wildman–Crippen MR) is 393 cm³/mol. The zero-order valence-corrected chi connectivity index (χ0v) is 50.5. The summed E-state index contributed by atoms with van der Waals surface area (Å²) in [6.45, 7) is 6.87. The largest absolute Gasteiger partial charge is 0.296 e. The third kappa shape index (κ3) is 9.14. The first-order chi connectivity index (χ1) is 45.3. The molecule has 432 valence electrons. The average molecular weight is 1160 g/mol. The second kappa shape index (κ2) is 22.2. The Labute approximate surface area is 535 Å². The third-order valence-electron chi connectivity index (χ3n) is 19.4. The molecule has 18 rings (SSSR count). The van der Waals surface area contributed by atoms with Gasteiger partial charge in [0.15, 0.2) is 0 Å². The van der Waals surface area contributed by atoms with E-state index in [1.807, 2.05) is 0 Å². The van der Waals surface area contributed by atoms with Gasteiger partial charge in [-0.25, -0.2) is 6.32 Å². The van der Waals surface area contributed by atoms with Gasteiger partial charge in [0.2, 0.25) is 0 Å². The molecule has 0 N–H and O–H groups in total. The molecule has 2 aliphatic carbocycles. The van der Waals surface area contributed by atoms with Crippen LogP contribution in [-0.2, 0) is 11.8 Å². The van der Waals surface area contributed by atoms with Gasteiger partial charge in [-0.1, -0.05) is 290 Å². The van der Waals surface area contributed by atoms with E-state index in [0.717, 1.165) is 29.0 Å². The molecule has 0 amide bonds. The summed E-state index contributed by atoms with van der Waals surface area (Å²) >= 11 is 0. The number of fused-ring (bicyclic) bond motifs is 10. The van der Waals surface area contributed by atoms with Crippen LogP contribution >= 0.6 is 0 Å². The lowest BCUT2D eigenvalue weighted by molar-refractivity contribution is 0.660. The van der Waals surface area contributed by atoms with Crippen molar-refractivity contribution in [3.8, 4) is 106 Å². The van der Waals surface area contributed by atoms with Gasteiger partial charge in [0.05, 0.1) is 11.0 Å². The maximum Gasteiger partial charge on any atom is 0.114 e. The van der Waals surface area contributed by atoms with Crippen molar-refractivity contribution >= 4 is 62.5 Å². The third-order valence-corrected chi connectivity index (χ3v) is 19.4. The zero-order chi connectivity index (χ0) is 62.0. The van der Waals surface area contributed by atoms with Gasteiger partial charge >= 0.3 is 0 Å². The lowest BCUT2D eigenvalue weighted by Crippen LogP contribution is -2.14. The molecule has 0 unspecified atom stereocenters. The molecule has 0 aliphatic heterocycles. The minimum atomic E-state index is 0. The number of hydrogen-bond donors (Lipinski definition) is 0. The summed E-state index contributed by atoms with van der Waals surface area (Å²) in [6, 6.07) is 114. The number of aryl methyl sites for hydroxylation is 1. The van der Waals surface area contributed by atoms with Crippen molar-refractivity contribution in [2.75, 3.05) is 0 Å². The van der Waals surface area contributed by atoms with E-state index >= 15 is 0 Å². The maximum atomic E-state index is 6.00. The summed E-state index contributed by atoms with van der Waals surface area (Å²) in [4.78, 5) is 4.89. The molecule has 0 fully saturated rings. The normalized spacial score (nSPS) is 12.5. The second-order valence-electron chi connectivity index (χ2n) is 24.8. The Morgan fingerprint density at radius 2 is 0.758 bits per heavy atom. The van der Waals surface area contributed by atoms with E-state index < -0.39 is 0 Å². The molecule has 0 spiro atoms. The molecule has 0 saturated heterocycles. The molecule has 0 saturated carbocycles. The lowest BCUT2D eigenvalue weighted by Gasteiger charge is -2.22. The van der Waals surface area contributed by atoms with E-state index in [4.69, 9.17) is 6.32 Å². The fraction of sp³-hybridized carbons (Fsp3) is 0.0568. The van der Waals surface area contributed by atoms with E-state index in [-0.39, 0.29) is 13.8 Å². The molecule has 2 aliphatic rings. The average Bonchev–Trinajstić information content (AvgIpc) is 1.40. The van der Waals surface area contributed by atoms with Crippen LogP contribution in [0, 0.1) is 0 Å². The highest BCUT2D eigenvalue weighted by Gasteiger charge is 2.35. The number of aromatic nitrogens is 2. The minimum absolute atomic E-state index is 0. The molecule has 15 aromatic carbocycles. The quantitative estimate of drug-likeness (QED) is 0.110. The van der Waals surface area contributed by atoms with Gasteiger partial charge in [0.1, 0.15) is 5.82 Å². The number of imidazole rings is 1. The Balaban J connectivity index is 0.000000143. The van der Waals surface area contributed by atoms with Gasteiger partial charge in [-0.05, 0) is 203 Å². The highest BCUT2D eigenvalue weighted by molar-refractivity contribution is 6.22. The molecule has 0 atom stereocenters. The van der Waals surface area contributed by atoms with Crippen LogP contribution in [0.5, 0.6) is 0 Å². The Morgan fingerprint density at radius 1 is 0.330 bits per heavy atom. The van der Waals surface area contributed by atoms with Crippen molar-refractivity contribution in [2.45, 2.75) is 32.6 Å². The number of nitrogens with zero attached hydrogens (tertiary/aromatic N) is 2. The maximum absolute atomic E-state index is 6.00. The minimum Gasteiger partial charge on any atom is -0.296 e. The first-order valence-corrected chi connectivity index (χ1v) is 31.6. The number of para-hydroxylation sites is 2. The molecule has 16 aromatic rings. The van der Waals surface area contributed by atoms with Gasteiger partial charge in [-0.15, -0.1) is 0 Å². The van der Waals surface area contributed by atoms with Crippen molar-refractivity contribution < 1.29 is 0 Å². The van der Waals surface area contributed by atoms with Gasteiger partial charge in [-0.2, -0.15) is 0 Å². The summed E-state index contributed by atoms with van der Waals surface area (Å²) in [6.07, 6.45) is 0.875. The summed E-state index contributed by atoms with van der Waals surface area (Å²) in [5, 5.41) is 10.3. The highest BCUT2D eigenvalue weighted by Crippen LogP contribution is 2.52. The first-order valence-electron chi connectivity index (χ1n) is 31.6. The van der Waals surface area contributed by atoms with E-state index in [2.05, 4.69) is 335 Å². The second-order valence-corrected chi connectivity index (χ2v) is 24.8. The van der Waals surface area contributed by atoms with Crippen LogP contribution in [0.15, 0.2) is 309 Å². The van der Waals surface area contributed by atoms with Crippen molar-refractivity contribution in [1.29, 1.82) is 1.34 Å². The molecule has 91 heavy (non-hydrogen) atoms. The molecular weight excluding hydrogens is 1100 g/mol. The van der Waals surface area contributed by atoms with Crippen LogP contribution in [-0.4, -0.2) is 19.3 Å². The van der Waals surface area contributed by atoms with E-state index in [0.29, 0.717) is 0 Å². The van der Waals surface area contributed by atoms with Gasteiger partial charge in [0.25, 0.3) is 0 Å². The molecule has 3 heteroatoms. The fourth-order valence-corrected chi connectivity index (χ4v) is 15.0. The highest BCUT2D eigenvalue weighted by atomic mass is 15.1. The van der Waals surface area contributed by atoms with Crippen LogP contribution in [0.25, 0.3) is 160 Å². The number of rotatable bonds is 8. The van der Waals surface area contributed by atoms with Crippen molar-refractivity contribution in [1.82, 2.24) is 9.55 Å². The molecule has 1 aromatic heterocycles. The fourth-order valence-electron chi connectivity index (χ4n) is 15.0. The van der Waals surface area contributed by atoms with Crippen molar-refractivity contribution in [3.05, 3.63) is 326 Å². The zero-order valence-electron chi connectivity index (χ0n) is 51.5. The number of hydrogen-bond acceptors (Lipinski definition) is 1. The molecular formula is C88H66BN2-. The monoisotopic (exact) mass is 1160 g/mol. The lowest BCUT2D eigenvalue weighted by atomic mass is 9.81. The molecule has 0 bridgehead atoms. The molecule has 0 radical (unpaired) electrons. The van der Waals surface area contributed by atoms with Gasteiger partial charge in [-0.3, -0.25) is 4.57 Å². The van der Waals surface area contributed by atoms with E-state index in [1.165, 1.54) is 154 Å². The van der Waals surface area contributed by atoms with Crippen LogP contribution < -0.4 is 0 Å². The predicted octanol–water partition coefficient (Wildman–Crippen LogP) is 22.4. The Kier molecular flexibility index (Phi) is 13.2. The smallest absolute Gasteiger partial charge is 0.114 e.